The van der Waals surface area contributed by atoms with Crippen molar-refractivity contribution in [2.24, 2.45) is 5.92 Å². The number of nitrogens with one attached hydrogen (secondary N) is 2. The van der Waals surface area contributed by atoms with E-state index in [-0.39, 0.29) is 11.9 Å². The Balaban J connectivity index is 1.75. The molecule has 144 valence electrons. The number of aromatic nitrogens is 3. The van der Waals surface area contributed by atoms with E-state index in [4.69, 9.17) is 4.74 Å². The number of carbonyl (C=O) groups excluding carboxylic acids is 1. The van der Waals surface area contributed by atoms with Crippen LogP contribution < -0.4 is 15.4 Å². The maximum Gasteiger partial charge on any atom is 0.232 e. The number of amides is 1. The van der Waals surface area contributed by atoms with Gasteiger partial charge in [0.2, 0.25) is 11.9 Å². The summed E-state index contributed by atoms with van der Waals surface area (Å²) in [5.41, 5.74) is 0.946. The van der Waals surface area contributed by atoms with Crippen molar-refractivity contribution in [1.82, 2.24) is 14.8 Å². The van der Waals surface area contributed by atoms with Crippen LogP contribution in [0.15, 0.2) is 54.9 Å². The van der Waals surface area contributed by atoms with Gasteiger partial charge in [0.05, 0.1) is 24.8 Å². The third-order valence-electron chi connectivity index (χ3n) is 4.96. The minimum Gasteiger partial charge on any atom is -0.495 e. The van der Waals surface area contributed by atoms with Gasteiger partial charge in [-0.05, 0) is 25.1 Å². The van der Waals surface area contributed by atoms with Gasteiger partial charge in [0, 0.05) is 11.6 Å². The lowest BCUT2D eigenvalue weighted by molar-refractivity contribution is -0.121. The van der Waals surface area contributed by atoms with Gasteiger partial charge < -0.3 is 15.4 Å². The highest BCUT2D eigenvalue weighted by molar-refractivity contribution is 5.95. The van der Waals surface area contributed by atoms with Crippen molar-refractivity contribution in [3.05, 3.63) is 66.2 Å². The van der Waals surface area contributed by atoms with Crippen LogP contribution in [0, 0.1) is 11.7 Å². The predicted octanol–water partition coefficient (Wildman–Crippen LogP) is 3.08. The second-order valence-corrected chi connectivity index (χ2v) is 6.64. The molecule has 2 aromatic carbocycles. The molecule has 0 saturated carbocycles. The highest BCUT2D eigenvalue weighted by atomic mass is 19.1. The quantitative estimate of drug-likeness (QED) is 0.726. The van der Waals surface area contributed by atoms with E-state index in [1.54, 1.807) is 42.1 Å². The molecular weight excluding hydrogens is 361 g/mol. The third-order valence-corrected chi connectivity index (χ3v) is 4.96. The molecule has 3 aromatic rings. The molecule has 0 fully saturated rings. The molecule has 1 aliphatic rings. The molecule has 1 aliphatic heterocycles. The lowest BCUT2D eigenvalue weighted by Crippen LogP contribution is -2.47. The average molecular weight is 381 g/mol. The van der Waals surface area contributed by atoms with Gasteiger partial charge in [-0.2, -0.15) is 10.1 Å². The summed E-state index contributed by atoms with van der Waals surface area (Å²) in [5.74, 6) is -0.230. The minimum atomic E-state index is -0.635. The van der Waals surface area contributed by atoms with Gasteiger partial charge in [0.1, 0.15) is 17.9 Å². The Labute approximate surface area is 161 Å². The van der Waals surface area contributed by atoms with Crippen molar-refractivity contribution < 1.29 is 13.9 Å². The zero-order chi connectivity index (χ0) is 19.7. The van der Waals surface area contributed by atoms with Crippen LogP contribution in [0.3, 0.4) is 0 Å². The van der Waals surface area contributed by atoms with Crippen LogP contribution in [-0.2, 0) is 4.79 Å². The molecule has 3 atom stereocenters. The predicted molar refractivity (Wildman–Crippen MR) is 103 cm³/mol. The van der Waals surface area contributed by atoms with E-state index in [0.717, 1.165) is 0 Å². The summed E-state index contributed by atoms with van der Waals surface area (Å²) in [4.78, 5) is 17.5. The molecular formula is C20H20FN5O2. The van der Waals surface area contributed by atoms with Gasteiger partial charge in [-0.15, -0.1) is 0 Å². The molecule has 0 spiro atoms. The molecule has 8 heteroatoms. The summed E-state index contributed by atoms with van der Waals surface area (Å²) in [7, 11) is 1.54. The maximum atomic E-state index is 14.7. The van der Waals surface area contributed by atoms with Gasteiger partial charge in [0.15, 0.2) is 0 Å². The molecule has 0 radical (unpaired) electrons. The number of hydrogen-bond donors (Lipinski definition) is 2. The molecule has 0 saturated heterocycles. The summed E-state index contributed by atoms with van der Waals surface area (Å²) in [6.45, 7) is 1.87. The van der Waals surface area contributed by atoms with E-state index in [0.29, 0.717) is 22.9 Å². The molecule has 7 nitrogen and oxygen atoms in total. The lowest BCUT2D eigenvalue weighted by Gasteiger charge is -2.37. The monoisotopic (exact) mass is 381 g/mol. The largest absolute Gasteiger partial charge is 0.495 e. The second-order valence-electron chi connectivity index (χ2n) is 6.64. The van der Waals surface area contributed by atoms with Crippen LogP contribution in [0.5, 0.6) is 5.75 Å². The SMILES string of the molecule is COc1ccccc1NC(=O)[C@H]1[C@@H](C)Nc2ncnn2[C@H]1c1ccccc1F. The fourth-order valence-corrected chi connectivity index (χ4v) is 3.65. The van der Waals surface area contributed by atoms with Crippen molar-refractivity contribution in [3.63, 3.8) is 0 Å². The number of halogens is 1. The molecule has 2 N–H and O–H groups in total. The Hall–Kier alpha value is -3.42. The fourth-order valence-electron chi connectivity index (χ4n) is 3.65. The van der Waals surface area contributed by atoms with Crippen LogP contribution in [0.2, 0.25) is 0 Å². The standard InChI is InChI=1S/C20H20FN5O2/c1-12-17(19(27)25-15-9-5-6-10-16(15)28-2)18(13-7-3-4-8-14(13)21)26-20(24-12)22-11-23-26/h3-12,17-18H,1-2H3,(H,25,27)(H,22,23,24)/t12-,17+,18+/m1/s1. The van der Waals surface area contributed by atoms with Crippen LogP contribution in [0.4, 0.5) is 16.0 Å². The highest BCUT2D eigenvalue weighted by Crippen LogP contribution is 2.38. The van der Waals surface area contributed by atoms with Crippen LogP contribution in [0.25, 0.3) is 0 Å². The number of benzene rings is 2. The number of ether oxygens (including phenoxy) is 1. The summed E-state index contributed by atoms with van der Waals surface area (Å²) < 4.78 is 21.5. The zero-order valence-electron chi connectivity index (χ0n) is 15.5. The number of anilines is 2. The first-order chi connectivity index (χ1) is 13.6. The number of carbonyl (C=O) groups is 1. The van der Waals surface area contributed by atoms with Crippen molar-refractivity contribution in [3.8, 4) is 5.75 Å². The van der Waals surface area contributed by atoms with Crippen LogP contribution in [0.1, 0.15) is 18.5 Å². The summed E-state index contributed by atoms with van der Waals surface area (Å²) in [6, 6.07) is 12.7. The molecule has 28 heavy (non-hydrogen) atoms. The van der Waals surface area contributed by atoms with Crippen molar-refractivity contribution in [2.45, 2.75) is 19.0 Å². The fraction of sp³-hybridized carbons (Fsp3) is 0.250. The summed E-state index contributed by atoms with van der Waals surface area (Å²) >= 11 is 0. The second kappa shape index (κ2) is 7.30. The number of rotatable bonds is 4. The molecule has 0 aliphatic carbocycles. The Morgan fingerprint density at radius 3 is 2.75 bits per heavy atom. The Morgan fingerprint density at radius 1 is 1.21 bits per heavy atom. The van der Waals surface area contributed by atoms with E-state index in [1.165, 1.54) is 12.4 Å². The topological polar surface area (TPSA) is 81.1 Å². The average Bonchev–Trinajstić information content (AvgIpc) is 3.16. The van der Waals surface area contributed by atoms with E-state index in [9.17, 15) is 9.18 Å². The molecule has 1 aromatic heterocycles. The summed E-state index contributed by atoms with van der Waals surface area (Å²) in [5, 5.41) is 10.3. The Kier molecular flexibility index (Phi) is 4.68. The molecule has 1 amide bonds. The van der Waals surface area contributed by atoms with Crippen molar-refractivity contribution in [2.75, 3.05) is 17.7 Å². The van der Waals surface area contributed by atoms with E-state index < -0.39 is 17.8 Å². The number of fused-ring (bicyclic) bond motifs is 1. The van der Waals surface area contributed by atoms with E-state index in [1.807, 2.05) is 19.1 Å². The summed E-state index contributed by atoms with van der Waals surface area (Å²) in [6.07, 6.45) is 1.39. The number of hydrogen-bond acceptors (Lipinski definition) is 5. The first-order valence-corrected chi connectivity index (χ1v) is 8.94. The third kappa shape index (κ3) is 3.06. The maximum absolute atomic E-state index is 14.7. The minimum absolute atomic E-state index is 0.265. The lowest BCUT2D eigenvalue weighted by atomic mass is 9.85. The number of nitrogens with zero attached hydrogens (tertiary/aromatic N) is 3. The van der Waals surface area contributed by atoms with Crippen molar-refractivity contribution in [1.29, 1.82) is 0 Å². The van der Waals surface area contributed by atoms with E-state index >= 15 is 0 Å². The normalized spacial score (nSPS) is 20.8. The van der Waals surface area contributed by atoms with Crippen molar-refractivity contribution >= 4 is 17.5 Å². The first-order valence-electron chi connectivity index (χ1n) is 8.94. The van der Waals surface area contributed by atoms with Gasteiger partial charge in [-0.25, -0.2) is 9.07 Å². The highest BCUT2D eigenvalue weighted by Gasteiger charge is 2.42. The molecule has 0 bridgehead atoms. The first kappa shape index (κ1) is 18.0. The molecule has 0 unspecified atom stereocenters. The molecule has 4 rings (SSSR count). The zero-order valence-corrected chi connectivity index (χ0v) is 15.5. The van der Waals surface area contributed by atoms with Crippen LogP contribution >= 0.6 is 0 Å². The smallest absolute Gasteiger partial charge is 0.232 e. The number of para-hydroxylation sites is 2. The number of methoxy groups -OCH3 is 1. The van der Waals surface area contributed by atoms with Gasteiger partial charge >= 0.3 is 0 Å². The van der Waals surface area contributed by atoms with Gasteiger partial charge in [-0.3, -0.25) is 4.79 Å². The van der Waals surface area contributed by atoms with E-state index in [2.05, 4.69) is 20.7 Å². The van der Waals surface area contributed by atoms with Gasteiger partial charge in [0.25, 0.3) is 0 Å². The molecule has 2 heterocycles. The van der Waals surface area contributed by atoms with Gasteiger partial charge in [-0.1, -0.05) is 30.3 Å². The Bertz CT molecular complexity index is 1010. The van der Waals surface area contributed by atoms with Crippen LogP contribution in [-0.4, -0.2) is 33.8 Å². The Morgan fingerprint density at radius 2 is 1.96 bits per heavy atom.